The van der Waals surface area contributed by atoms with Crippen LogP contribution in [-0.2, 0) is 30.6 Å². The van der Waals surface area contributed by atoms with Gasteiger partial charge in [0.05, 0.1) is 6.42 Å². The number of carbonyl (C=O) groups is 1. The number of amides is 1. The molecule has 4 rings (SSSR count). The maximum absolute atomic E-state index is 12.7. The van der Waals surface area contributed by atoms with Crippen LogP contribution in [0, 0.1) is 0 Å². The third-order valence-electron chi connectivity index (χ3n) is 5.45. The zero-order valence-corrected chi connectivity index (χ0v) is 15.6. The first-order valence-electron chi connectivity index (χ1n) is 9.41. The van der Waals surface area contributed by atoms with Crippen LogP contribution in [-0.4, -0.2) is 41.9 Å². The van der Waals surface area contributed by atoms with E-state index in [1.54, 1.807) is 0 Å². The van der Waals surface area contributed by atoms with E-state index in [2.05, 4.69) is 40.6 Å². The summed E-state index contributed by atoms with van der Waals surface area (Å²) in [6, 6.07) is 11.0. The molecule has 1 aliphatic carbocycles. The normalized spacial score (nSPS) is 18.2. The average molecular weight is 355 g/mol. The number of hydrogen-bond acceptors (Lipinski definition) is 3. The minimum absolute atomic E-state index is 0.284. The van der Waals surface area contributed by atoms with Gasteiger partial charge < -0.3 is 4.90 Å². The van der Waals surface area contributed by atoms with Crippen molar-refractivity contribution in [2.75, 3.05) is 26.2 Å². The largest absolute Gasteiger partial charge is 0.340 e. The molecule has 132 valence electrons. The number of benzene rings is 1. The molecule has 2 aromatic rings. The lowest BCUT2D eigenvalue weighted by Crippen LogP contribution is -2.48. The number of rotatable bonds is 4. The van der Waals surface area contributed by atoms with Gasteiger partial charge in [0.25, 0.3) is 0 Å². The van der Waals surface area contributed by atoms with Crippen LogP contribution in [0.25, 0.3) is 0 Å². The smallest absolute Gasteiger partial charge is 0.227 e. The SMILES string of the molecule is O=C(Cc1ccc2c(c1)CCCC2)N1CCN(Cc2cccs2)CC1. The van der Waals surface area contributed by atoms with Gasteiger partial charge in [0.2, 0.25) is 5.91 Å². The topological polar surface area (TPSA) is 23.6 Å². The van der Waals surface area contributed by atoms with Crippen molar-refractivity contribution in [3.63, 3.8) is 0 Å². The summed E-state index contributed by atoms with van der Waals surface area (Å²) in [6.45, 7) is 4.69. The summed E-state index contributed by atoms with van der Waals surface area (Å²) >= 11 is 1.81. The lowest BCUT2D eigenvalue weighted by molar-refractivity contribution is -0.132. The van der Waals surface area contributed by atoms with Crippen LogP contribution in [0.3, 0.4) is 0 Å². The van der Waals surface area contributed by atoms with E-state index in [9.17, 15) is 4.79 Å². The Labute approximate surface area is 154 Å². The van der Waals surface area contributed by atoms with E-state index < -0.39 is 0 Å². The van der Waals surface area contributed by atoms with Gasteiger partial charge in [-0.2, -0.15) is 0 Å². The van der Waals surface area contributed by atoms with Gasteiger partial charge in [-0.25, -0.2) is 0 Å². The number of hydrogen-bond donors (Lipinski definition) is 0. The summed E-state index contributed by atoms with van der Waals surface area (Å²) < 4.78 is 0. The molecule has 1 saturated heterocycles. The molecule has 1 aromatic carbocycles. The molecule has 0 spiro atoms. The van der Waals surface area contributed by atoms with Crippen LogP contribution in [0.4, 0.5) is 0 Å². The molecule has 0 radical (unpaired) electrons. The van der Waals surface area contributed by atoms with E-state index in [4.69, 9.17) is 0 Å². The fraction of sp³-hybridized carbons (Fsp3) is 0.476. The quantitative estimate of drug-likeness (QED) is 0.839. The molecule has 0 saturated carbocycles. The summed E-state index contributed by atoms with van der Waals surface area (Å²) in [6.07, 6.45) is 5.53. The Morgan fingerprint density at radius 2 is 1.80 bits per heavy atom. The van der Waals surface area contributed by atoms with Gasteiger partial charge in [0.15, 0.2) is 0 Å². The maximum atomic E-state index is 12.7. The third kappa shape index (κ3) is 4.13. The Kier molecular flexibility index (Phi) is 5.18. The van der Waals surface area contributed by atoms with Crippen LogP contribution < -0.4 is 0 Å². The Bertz CT molecular complexity index is 718. The molecule has 2 aliphatic rings. The molecule has 0 atom stereocenters. The van der Waals surface area contributed by atoms with Gasteiger partial charge in [-0.15, -0.1) is 11.3 Å². The standard InChI is InChI=1S/C21H26N2OS/c24-21(15-17-7-8-18-4-1-2-5-19(18)14-17)23-11-9-22(10-12-23)16-20-6-3-13-25-20/h3,6-8,13-14H,1-2,4-5,9-12,15-16H2. The molecule has 3 nitrogen and oxygen atoms in total. The zero-order chi connectivity index (χ0) is 17.1. The molecule has 1 aliphatic heterocycles. The van der Waals surface area contributed by atoms with E-state index in [-0.39, 0.29) is 5.91 Å². The summed E-state index contributed by atoms with van der Waals surface area (Å²) in [5.74, 6) is 0.284. The molecule has 0 unspecified atom stereocenters. The first kappa shape index (κ1) is 16.8. The molecule has 1 fully saturated rings. The highest BCUT2D eigenvalue weighted by Crippen LogP contribution is 2.23. The highest BCUT2D eigenvalue weighted by molar-refractivity contribution is 7.09. The van der Waals surface area contributed by atoms with Crippen molar-refractivity contribution < 1.29 is 4.79 Å². The van der Waals surface area contributed by atoms with E-state index in [1.165, 1.54) is 47.3 Å². The summed E-state index contributed by atoms with van der Waals surface area (Å²) in [7, 11) is 0. The molecular weight excluding hydrogens is 328 g/mol. The summed E-state index contributed by atoms with van der Waals surface area (Å²) in [5.41, 5.74) is 4.15. The van der Waals surface area contributed by atoms with Gasteiger partial charge in [-0.1, -0.05) is 24.3 Å². The van der Waals surface area contributed by atoms with Gasteiger partial charge in [-0.3, -0.25) is 9.69 Å². The van der Waals surface area contributed by atoms with Crippen LogP contribution in [0.15, 0.2) is 35.7 Å². The number of piperazine rings is 1. The van der Waals surface area contributed by atoms with Crippen LogP contribution in [0.1, 0.15) is 34.4 Å². The van der Waals surface area contributed by atoms with Crippen molar-refractivity contribution in [3.8, 4) is 0 Å². The second-order valence-corrected chi connectivity index (χ2v) is 8.26. The van der Waals surface area contributed by atoms with Gasteiger partial charge in [0, 0.05) is 37.6 Å². The van der Waals surface area contributed by atoms with Gasteiger partial charge >= 0.3 is 0 Å². The van der Waals surface area contributed by atoms with Crippen molar-refractivity contribution in [2.45, 2.75) is 38.6 Å². The monoisotopic (exact) mass is 354 g/mol. The molecular formula is C21H26N2OS. The van der Waals surface area contributed by atoms with E-state index in [0.717, 1.165) is 32.7 Å². The van der Waals surface area contributed by atoms with E-state index >= 15 is 0 Å². The number of aryl methyl sites for hydroxylation is 2. The van der Waals surface area contributed by atoms with Crippen LogP contribution in [0.5, 0.6) is 0 Å². The fourth-order valence-electron chi connectivity index (χ4n) is 3.96. The minimum Gasteiger partial charge on any atom is -0.340 e. The summed E-state index contributed by atoms with van der Waals surface area (Å²) in [4.78, 5) is 18.6. The van der Waals surface area contributed by atoms with Crippen molar-refractivity contribution in [2.24, 2.45) is 0 Å². The summed E-state index contributed by atoms with van der Waals surface area (Å²) in [5, 5.41) is 2.13. The van der Waals surface area contributed by atoms with Crippen molar-refractivity contribution in [3.05, 3.63) is 57.3 Å². The molecule has 1 amide bonds. The number of thiophene rings is 1. The van der Waals surface area contributed by atoms with Crippen LogP contribution >= 0.6 is 11.3 Å². The molecule has 0 N–H and O–H groups in total. The number of nitrogens with zero attached hydrogens (tertiary/aromatic N) is 2. The predicted octanol–water partition coefficient (Wildman–Crippen LogP) is 3.51. The zero-order valence-electron chi connectivity index (χ0n) is 14.7. The predicted molar refractivity (Wildman–Crippen MR) is 103 cm³/mol. The molecule has 4 heteroatoms. The molecule has 1 aromatic heterocycles. The third-order valence-corrected chi connectivity index (χ3v) is 6.31. The fourth-order valence-corrected chi connectivity index (χ4v) is 4.71. The Morgan fingerprint density at radius 3 is 2.56 bits per heavy atom. The second kappa shape index (κ2) is 7.71. The Morgan fingerprint density at radius 1 is 1.00 bits per heavy atom. The lowest BCUT2D eigenvalue weighted by atomic mass is 9.90. The van der Waals surface area contributed by atoms with Crippen LogP contribution in [0.2, 0.25) is 0 Å². The second-order valence-electron chi connectivity index (χ2n) is 7.22. The molecule has 0 bridgehead atoms. The highest BCUT2D eigenvalue weighted by Gasteiger charge is 2.21. The lowest BCUT2D eigenvalue weighted by Gasteiger charge is -2.34. The average Bonchev–Trinajstić information content (AvgIpc) is 3.15. The number of carbonyl (C=O) groups excluding carboxylic acids is 1. The Balaban J connectivity index is 1.30. The van der Waals surface area contributed by atoms with Crippen molar-refractivity contribution >= 4 is 17.2 Å². The van der Waals surface area contributed by atoms with Crippen molar-refractivity contribution in [1.29, 1.82) is 0 Å². The van der Waals surface area contributed by atoms with Gasteiger partial charge in [-0.05, 0) is 53.8 Å². The van der Waals surface area contributed by atoms with E-state index in [1.807, 2.05) is 16.2 Å². The Hall–Kier alpha value is -1.65. The first-order chi connectivity index (χ1) is 12.3. The van der Waals surface area contributed by atoms with E-state index in [0.29, 0.717) is 6.42 Å². The molecule has 25 heavy (non-hydrogen) atoms. The van der Waals surface area contributed by atoms with Gasteiger partial charge in [0.1, 0.15) is 0 Å². The molecule has 2 heterocycles. The highest BCUT2D eigenvalue weighted by atomic mass is 32.1. The minimum atomic E-state index is 0.284. The first-order valence-corrected chi connectivity index (χ1v) is 10.3. The maximum Gasteiger partial charge on any atom is 0.227 e. The van der Waals surface area contributed by atoms with Crippen molar-refractivity contribution in [1.82, 2.24) is 9.80 Å². The number of fused-ring (bicyclic) bond motifs is 1.